The Balaban J connectivity index is 1.81. The summed E-state index contributed by atoms with van der Waals surface area (Å²) >= 11 is 0. The number of nitrogens with one attached hydrogen (secondary N) is 1. The fourth-order valence-corrected chi connectivity index (χ4v) is 2.24. The standard InChI is InChI=1S/C17H19FN2O2/c1-13(14-5-4-6-15(18)12-14)11-16(21)19-8-10-20-9-3-2-7-17(20)22/h2-7,9,12-13H,8,10-11H2,1H3,(H,19,21)/t13-/m1/s1. The van der Waals surface area contributed by atoms with Crippen molar-refractivity contribution in [2.45, 2.75) is 25.8 Å². The normalized spacial score (nSPS) is 11.9. The molecule has 0 aliphatic carbocycles. The van der Waals surface area contributed by atoms with Gasteiger partial charge >= 0.3 is 0 Å². The number of carbonyl (C=O) groups excluding carboxylic acids is 1. The Hall–Kier alpha value is -2.43. The van der Waals surface area contributed by atoms with Crippen LogP contribution in [0.2, 0.25) is 0 Å². The van der Waals surface area contributed by atoms with E-state index >= 15 is 0 Å². The van der Waals surface area contributed by atoms with Crippen molar-refractivity contribution in [3.63, 3.8) is 0 Å². The molecule has 1 heterocycles. The molecule has 0 saturated carbocycles. The van der Waals surface area contributed by atoms with E-state index in [1.807, 2.05) is 13.0 Å². The highest BCUT2D eigenvalue weighted by atomic mass is 19.1. The Morgan fingerprint density at radius 1 is 1.27 bits per heavy atom. The van der Waals surface area contributed by atoms with Gasteiger partial charge in [-0.1, -0.05) is 25.1 Å². The number of nitrogens with zero attached hydrogens (tertiary/aromatic N) is 1. The van der Waals surface area contributed by atoms with E-state index in [2.05, 4.69) is 5.32 Å². The highest BCUT2D eigenvalue weighted by Crippen LogP contribution is 2.19. The van der Waals surface area contributed by atoms with E-state index in [-0.39, 0.29) is 29.6 Å². The van der Waals surface area contributed by atoms with E-state index < -0.39 is 0 Å². The van der Waals surface area contributed by atoms with Crippen LogP contribution in [-0.2, 0) is 11.3 Å². The number of pyridine rings is 1. The van der Waals surface area contributed by atoms with Gasteiger partial charge in [-0.25, -0.2) is 4.39 Å². The number of hydrogen-bond acceptors (Lipinski definition) is 2. The van der Waals surface area contributed by atoms with Crippen molar-refractivity contribution in [3.8, 4) is 0 Å². The van der Waals surface area contributed by atoms with Crippen molar-refractivity contribution in [1.82, 2.24) is 9.88 Å². The molecule has 2 rings (SSSR count). The quantitative estimate of drug-likeness (QED) is 0.890. The van der Waals surface area contributed by atoms with E-state index in [0.717, 1.165) is 5.56 Å². The second-order valence-electron chi connectivity index (χ2n) is 5.24. The topological polar surface area (TPSA) is 51.1 Å². The Kier molecular flexibility index (Phi) is 5.47. The summed E-state index contributed by atoms with van der Waals surface area (Å²) in [6.07, 6.45) is 1.97. The highest BCUT2D eigenvalue weighted by molar-refractivity contribution is 5.76. The van der Waals surface area contributed by atoms with Crippen LogP contribution in [0.1, 0.15) is 24.8 Å². The zero-order valence-corrected chi connectivity index (χ0v) is 12.5. The molecule has 1 amide bonds. The van der Waals surface area contributed by atoms with Crippen molar-refractivity contribution in [2.75, 3.05) is 6.54 Å². The van der Waals surface area contributed by atoms with Crippen LogP contribution in [0.25, 0.3) is 0 Å². The minimum Gasteiger partial charge on any atom is -0.354 e. The third kappa shape index (κ3) is 4.55. The van der Waals surface area contributed by atoms with Crippen molar-refractivity contribution in [1.29, 1.82) is 0 Å². The summed E-state index contributed by atoms with van der Waals surface area (Å²) in [7, 11) is 0. The Morgan fingerprint density at radius 3 is 2.82 bits per heavy atom. The summed E-state index contributed by atoms with van der Waals surface area (Å²) in [6, 6.07) is 11.2. The molecule has 116 valence electrons. The third-order valence-corrected chi connectivity index (χ3v) is 3.48. The summed E-state index contributed by atoms with van der Waals surface area (Å²) in [5, 5.41) is 2.78. The van der Waals surface area contributed by atoms with E-state index in [1.165, 1.54) is 22.8 Å². The van der Waals surface area contributed by atoms with Gasteiger partial charge in [0.15, 0.2) is 0 Å². The number of carbonyl (C=O) groups is 1. The molecule has 0 spiro atoms. The lowest BCUT2D eigenvalue weighted by Gasteiger charge is -2.12. The fraction of sp³-hybridized carbons (Fsp3) is 0.294. The minimum atomic E-state index is -0.298. The molecular formula is C17H19FN2O2. The molecule has 0 aliphatic rings. The zero-order valence-electron chi connectivity index (χ0n) is 12.5. The Bertz CT molecular complexity index is 697. The molecule has 0 bridgehead atoms. The first-order valence-corrected chi connectivity index (χ1v) is 7.24. The molecule has 0 radical (unpaired) electrons. The van der Waals surface area contributed by atoms with Crippen LogP contribution in [0.5, 0.6) is 0 Å². The van der Waals surface area contributed by atoms with Crippen molar-refractivity contribution >= 4 is 5.91 Å². The van der Waals surface area contributed by atoms with Crippen LogP contribution in [0, 0.1) is 5.82 Å². The lowest BCUT2D eigenvalue weighted by Crippen LogP contribution is -2.30. The van der Waals surface area contributed by atoms with Gasteiger partial charge in [0.25, 0.3) is 5.56 Å². The molecule has 1 aromatic carbocycles. The molecule has 22 heavy (non-hydrogen) atoms. The first-order valence-electron chi connectivity index (χ1n) is 7.24. The second-order valence-corrected chi connectivity index (χ2v) is 5.24. The summed E-state index contributed by atoms with van der Waals surface area (Å²) in [6.45, 7) is 2.70. The molecule has 5 heteroatoms. The SMILES string of the molecule is C[C@H](CC(=O)NCCn1ccccc1=O)c1cccc(F)c1. The lowest BCUT2D eigenvalue weighted by molar-refractivity contribution is -0.121. The average Bonchev–Trinajstić information content (AvgIpc) is 2.49. The molecule has 2 aromatic rings. The predicted molar refractivity (Wildman–Crippen MR) is 83.1 cm³/mol. The van der Waals surface area contributed by atoms with Gasteiger partial charge in [0.1, 0.15) is 5.82 Å². The second kappa shape index (κ2) is 7.54. The van der Waals surface area contributed by atoms with Gasteiger partial charge in [0, 0.05) is 31.8 Å². The summed E-state index contributed by atoms with van der Waals surface area (Å²) in [5.41, 5.74) is 0.708. The summed E-state index contributed by atoms with van der Waals surface area (Å²) in [5.74, 6) is -0.468. The Labute approximate surface area is 128 Å². The van der Waals surface area contributed by atoms with E-state index in [9.17, 15) is 14.0 Å². The van der Waals surface area contributed by atoms with Crippen LogP contribution < -0.4 is 10.9 Å². The van der Waals surface area contributed by atoms with Crippen molar-refractivity contribution in [2.24, 2.45) is 0 Å². The molecule has 0 fully saturated rings. The molecular weight excluding hydrogens is 283 g/mol. The summed E-state index contributed by atoms with van der Waals surface area (Å²) in [4.78, 5) is 23.4. The first-order chi connectivity index (χ1) is 10.6. The van der Waals surface area contributed by atoms with Gasteiger partial charge < -0.3 is 9.88 Å². The predicted octanol–water partition coefficient (Wildman–Crippen LogP) is 2.30. The maximum atomic E-state index is 13.2. The van der Waals surface area contributed by atoms with Crippen molar-refractivity contribution < 1.29 is 9.18 Å². The van der Waals surface area contributed by atoms with Crippen LogP contribution in [0.4, 0.5) is 4.39 Å². The van der Waals surface area contributed by atoms with Gasteiger partial charge in [0.05, 0.1) is 0 Å². The van der Waals surface area contributed by atoms with E-state index in [4.69, 9.17) is 0 Å². The van der Waals surface area contributed by atoms with Gasteiger partial charge in [-0.15, -0.1) is 0 Å². The van der Waals surface area contributed by atoms with E-state index in [1.54, 1.807) is 24.4 Å². The number of halogens is 1. The lowest BCUT2D eigenvalue weighted by atomic mass is 9.97. The molecule has 1 N–H and O–H groups in total. The number of aromatic nitrogens is 1. The summed E-state index contributed by atoms with van der Waals surface area (Å²) < 4.78 is 14.7. The number of amides is 1. The maximum absolute atomic E-state index is 13.2. The largest absolute Gasteiger partial charge is 0.354 e. The first kappa shape index (κ1) is 15.9. The van der Waals surface area contributed by atoms with Crippen LogP contribution in [0.15, 0.2) is 53.5 Å². The van der Waals surface area contributed by atoms with Gasteiger partial charge in [-0.3, -0.25) is 9.59 Å². The Morgan fingerprint density at radius 2 is 2.09 bits per heavy atom. The minimum absolute atomic E-state index is 0.0600. The zero-order chi connectivity index (χ0) is 15.9. The van der Waals surface area contributed by atoms with Crippen LogP contribution in [-0.4, -0.2) is 17.0 Å². The third-order valence-electron chi connectivity index (χ3n) is 3.48. The molecule has 4 nitrogen and oxygen atoms in total. The van der Waals surface area contributed by atoms with Gasteiger partial charge in [0.2, 0.25) is 5.91 Å². The monoisotopic (exact) mass is 302 g/mol. The van der Waals surface area contributed by atoms with Crippen LogP contribution in [0.3, 0.4) is 0 Å². The maximum Gasteiger partial charge on any atom is 0.250 e. The molecule has 1 atom stereocenters. The van der Waals surface area contributed by atoms with Crippen LogP contribution >= 0.6 is 0 Å². The number of benzene rings is 1. The van der Waals surface area contributed by atoms with Gasteiger partial charge in [-0.2, -0.15) is 0 Å². The fourth-order valence-electron chi connectivity index (χ4n) is 2.24. The average molecular weight is 302 g/mol. The van der Waals surface area contributed by atoms with Crippen molar-refractivity contribution in [3.05, 3.63) is 70.4 Å². The smallest absolute Gasteiger partial charge is 0.250 e. The number of rotatable bonds is 6. The van der Waals surface area contributed by atoms with Gasteiger partial charge in [-0.05, 0) is 29.7 Å². The number of hydrogen-bond donors (Lipinski definition) is 1. The molecule has 1 aromatic heterocycles. The molecule has 0 saturated heterocycles. The molecule has 0 unspecified atom stereocenters. The highest BCUT2D eigenvalue weighted by Gasteiger charge is 2.11. The van der Waals surface area contributed by atoms with E-state index in [0.29, 0.717) is 13.1 Å². The molecule has 0 aliphatic heterocycles.